The summed E-state index contributed by atoms with van der Waals surface area (Å²) in [4.78, 5) is 19.9. The molecule has 0 radical (unpaired) electrons. The van der Waals surface area contributed by atoms with Gasteiger partial charge in [0.25, 0.3) is 0 Å². The fourth-order valence-corrected chi connectivity index (χ4v) is 6.41. The van der Waals surface area contributed by atoms with Crippen LogP contribution in [-0.2, 0) is 4.74 Å². The molecule has 0 aliphatic carbocycles. The van der Waals surface area contributed by atoms with E-state index in [4.69, 9.17) is 4.74 Å². The van der Waals surface area contributed by atoms with Gasteiger partial charge in [-0.05, 0) is 58.2 Å². The molecule has 1 atom stereocenters. The van der Waals surface area contributed by atoms with Crippen LogP contribution in [-0.4, -0.2) is 92.8 Å². The molecule has 2 heterocycles. The summed E-state index contributed by atoms with van der Waals surface area (Å²) >= 11 is 0. The summed E-state index contributed by atoms with van der Waals surface area (Å²) in [6, 6.07) is 0.666. The van der Waals surface area contributed by atoms with Crippen molar-refractivity contribution in [1.82, 2.24) is 20.0 Å². The second-order valence-corrected chi connectivity index (χ2v) is 12.7. The molecule has 0 aromatic heterocycles. The number of nitrogens with zero attached hydrogens (tertiary/aromatic N) is 3. The van der Waals surface area contributed by atoms with Crippen LogP contribution >= 0.6 is 0 Å². The molecule has 2 rings (SSSR count). The molecule has 0 spiro atoms. The average molecular weight is 565 g/mol. The maximum atomic E-state index is 13.2. The molecule has 236 valence electrons. The van der Waals surface area contributed by atoms with E-state index in [9.17, 15) is 4.79 Å². The van der Waals surface area contributed by atoms with Gasteiger partial charge in [0.05, 0.1) is 13.2 Å². The Morgan fingerprint density at radius 3 is 1.93 bits per heavy atom. The lowest BCUT2D eigenvalue weighted by Gasteiger charge is -2.38. The Balaban J connectivity index is 1.42. The van der Waals surface area contributed by atoms with Gasteiger partial charge in [0.15, 0.2) is 0 Å². The van der Waals surface area contributed by atoms with E-state index in [1.807, 2.05) is 11.9 Å². The summed E-state index contributed by atoms with van der Waals surface area (Å²) in [5, 5.41) is 3.64. The van der Waals surface area contributed by atoms with Gasteiger partial charge >= 0.3 is 6.03 Å². The van der Waals surface area contributed by atoms with Gasteiger partial charge in [0.1, 0.15) is 0 Å². The number of hydrogen-bond donors (Lipinski definition) is 1. The molecule has 6 heteroatoms. The summed E-state index contributed by atoms with van der Waals surface area (Å²) in [6.07, 6.45) is 28.0. The minimum absolute atomic E-state index is 0.262. The number of likely N-dealkylation sites (tertiary alicyclic amines) is 1. The number of rotatable bonds is 24. The minimum Gasteiger partial charge on any atom is -0.379 e. The van der Waals surface area contributed by atoms with Crippen molar-refractivity contribution in [2.24, 2.45) is 0 Å². The van der Waals surface area contributed by atoms with Crippen molar-refractivity contribution in [2.75, 3.05) is 66.1 Å². The lowest BCUT2D eigenvalue weighted by molar-refractivity contribution is 0.0374. The smallest absolute Gasteiger partial charge is 0.319 e. The van der Waals surface area contributed by atoms with Crippen molar-refractivity contribution in [3.63, 3.8) is 0 Å². The lowest BCUT2D eigenvalue weighted by Crippen LogP contribution is -2.50. The molecule has 6 nitrogen and oxygen atoms in total. The highest BCUT2D eigenvalue weighted by atomic mass is 16.5. The van der Waals surface area contributed by atoms with Gasteiger partial charge in [0, 0.05) is 39.3 Å². The molecule has 2 aliphatic heterocycles. The third-order valence-electron chi connectivity index (χ3n) is 9.13. The topological polar surface area (TPSA) is 48.1 Å². The van der Waals surface area contributed by atoms with Crippen molar-refractivity contribution in [3.05, 3.63) is 0 Å². The zero-order valence-corrected chi connectivity index (χ0v) is 26.9. The fourth-order valence-electron chi connectivity index (χ4n) is 6.41. The van der Waals surface area contributed by atoms with E-state index in [1.165, 1.54) is 109 Å². The number of carbonyl (C=O) groups excluding carboxylic acids is 1. The molecular formula is C34H68N4O2. The summed E-state index contributed by atoms with van der Waals surface area (Å²) in [5.41, 5.74) is 0. The summed E-state index contributed by atoms with van der Waals surface area (Å²) < 4.78 is 5.43. The molecule has 40 heavy (non-hydrogen) atoms. The van der Waals surface area contributed by atoms with Gasteiger partial charge in [-0.3, -0.25) is 4.90 Å². The predicted octanol–water partition coefficient (Wildman–Crippen LogP) is 7.86. The standard InChI is InChI=1S/C34H68N4O2/c1-3-4-5-6-7-8-9-10-11-12-13-14-15-16-17-19-26-36(2)34(39)38-28-20-18-22-33(38)23-25-35-24-21-27-37-29-31-40-32-30-37/h33,35H,3-32H2,1-2H3. The van der Waals surface area contributed by atoms with Gasteiger partial charge in [-0.15, -0.1) is 0 Å². The molecular weight excluding hydrogens is 496 g/mol. The maximum Gasteiger partial charge on any atom is 0.319 e. The first-order valence-corrected chi connectivity index (χ1v) is 17.7. The Bertz CT molecular complexity index is 584. The van der Waals surface area contributed by atoms with Crippen LogP contribution in [0.15, 0.2) is 0 Å². The van der Waals surface area contributed by atoms with Crippen LogP contribution in [0, 0.1) is 0 Å². The normalized spacial score (nSPS) is 18.4. The van der Waals surface area contributed by atoms with Crippen LogP contribution in [0.1, 0.15) is 142 Å². The monoisotopic (exact) mass is 565 g/mol. The Hall–Kier alpha value is -0.850. The highest BCUT2D eigenvalue weighted by molar-refractivity contribution is 5.74. The van der Waals surface area contributed by atoms with Crippen LogP contribution < -0.4 is 5.32 Å². The Morgan fingerprint density at radius 2 is 1.32 bits per heavy atom. The Labute approximate surface area is 249 Å². The zero-order chi connectivity index (χ0) is 28.5. The SMILES string of the molecule is CCCCCCCCCCCCCCCCCCN(C)C(=O)N1CCCCC1CCNCCCN1CCOCC1. The maximum absolute atomic E-state index is 13.2. The quantitative estimate of drug-likeness (QED) is 0.121. The number of hydrogen-bond acceptors (Lipinski definition) is 4. The van der Waals surface area contributed by atoms with Crippen LogP contribution in [0.25, 0.3) is 0 Å². The highest BCUT2D eigenvalue weighted by Crippen LogP contribution is 2.21. The van der Waals surface area contributed by atoms with Gasteiger partial charge in [0.2, 0.25) is 0 Å². The summed E-state index contributed by atoms with van der Waals surface area (Å²) in [5.74, 6) is 0. The second kappa shape index (κ2) is 24.7. The van der Waals surface area contributed by atoms with E-state index >= 15 is 0 Å². The van der Waals surface area contributed by atoms with E-state index in [2.05, 4.69) is 22.0 Å². The van der Waals surface area contributed by atoms with Crippen LogP contribution in [0.4, 0.5) is 4.79 Å². The number of piperidine rings is 1. The average Bonchev–Trinajstić information content (AvgIpc) is 2.99. The van der Waals surface area contributed by atoms with Gasteiger partial charge in [-0.1, -0.05) is 103 Å². The molecule has 2 fully saturated rings. The highest BCUT2D eigenvalue weighted by Gasteiger charge is 2.28. The molecule has 0 aromatic carbocycles. The fraction of sp³-hybridized carbons (Fsp3) is 0.971. The van der Waals surface area contributed by atoms with Crippen LogP contribution in [0.2, 0.25) is 0 Å². The number of urea groups is 1. The molecule has 2 saturated heterocycles. The number of carbonyl (C=O) groups is 1. The molecule has 1 unspecified atom stereocenters. The molecule has 1 N–H and O–H groups in total. The molecule has 0 bridgehead atoms. The second-order valence-electron chi connectivity index (χ2n) is 12.7. The number of ether oxygens (including phenoxy) is 1. The summed E-state index contributed by atoms with van der Waals surface area (Å²) in [6.45, 7) is 11.3. The van der Waals surface area contributed by atoms with Crippen molar-refractivity contribution in [2.45, 2.75) is 148 Å². The van der Waals surface area contributed by atoms with E-state index in [0.717, 1.165) is 84.7 Å². The predicted molar refractivity (Wildman–Crippen MR) is 171 cm³/mol. The number of amides is 2. The van der Waals surface area contributed by atoms with Crippen LogP contribution in [0.3, 0.4) is 0 Å². The van der Waals surface area contributed by atoms with Gasteiger partial charge < -0.3 is 19.9 Å². The first-order valence-electron chi connectivity index (χ1n) is 17.7. The van der Waals surface area contributed by atoms with E-state index in [-0.39, 0.29) is 6.03 Å². The lowest BCUT2D eigenvalue weighted by atomic mass is 9.99. The van der Waals surface area contributed by atoms with Crippen molar-refractivity contribution in [3.8, 4) is 0 Å². The summed E-state index contributed by atoms with van der Waals surface area (Å²) in [7, 11) is 2.02. The molecule has 2 aliphatic rings. The van der Waals surface area contributed by atoms with Gasteiger partial charge in [-0.25, -0.2) is 4.79 Å². The largest absolute Gasteiger partial charge is 0.379 e. The van der Waals surface area contributed by atoms with Crippen molar-refractivity contribution in [1.29, 1.82) is 0 Å². The number of nitrogens with one attached hydrogen (secondary N) is 1. The first-order chi connectivity index (χ1) is 19.7. The third kappa shape index (κ3) is 17.2. The molecule has 0 saturated carbocycles. The minimum atomic E-state index is 0.262. The van der Waals surface area contributed by atoms with Crippen LogP contribution in [0.5, 0.6) is 0 Å². The third-order valence-corrected chi connectivity index (χ3v) is 9.13. The van der Waals surface area contributed by atoms with Crippen molar-refractivity contribution < 1.29 is 9.53 Å². The van der Waals surface area contributed by atoms with E-state index < -0.39 is 0 Å². The zero-order valence-electron chi connectivity index (χ0n) is 26.9. The number of morpholine rings is 1. The number of unbranched alkanes of at least 4 members (excludes halogenated alkanes) is 15. The van der Waals surface area contributed by atoms with Gasteiger partial charge in [-0.2, -0.15) is 0 Å². The molecule has 0 aromatic rings. The van der Waals surface area contributed by atoms with E-state index in [0.29, 0.717) is 6.04 Å². The Kier molecular flexibility index (Phi) is 21.8. The molecule has 2 amide bonds. The van der Waals surface area contributed by atoms with E-state index in [1.54, 1.807) is 0 Å². The Morgan fingerprint density at radius 1 is 0.750 bits per heavy atom. The van der Waals surface area contributed by atoms with Crippen molar-refractivity contribution >= 4 is 6.03 Å². The first kappa shape index (κ1) is 35.3.